The van der Waals surface area contributed by atoms with Gasteiger partial charge in [-0.25, -0.2) is 9.97 Å². The predicted octanol–water partition coefficient (Wildman–Crippen LogP) is 3.15. The Morgan fingerprint density at radius 2 is 2.12 bits per heavy atom. The van der Waals surface area contributed by atoms with E-state index in [1.807, 2.05) is 0 Å². The van der Waals surface area contributed by atoms with Crippen molar-refractivity contribution in [2.24, 2.45) is 11.8 Å². The Kier molecular flexibility index (Phi) is 3.00. The summed E-state index contributed by atoms with van der Waals surface area (Å²) in [6.45, 7) is 7.47. The molecule has 4 nitrogen and oxygen atoms in total. The zero-order valence-corrected chi connectivity index (χ0v) is 14.6. The SMILES string of the molecule is C[C@H]1[C@H]2Cc3cc4ncnc(N)c4cc3[C@]1(C)CCN2CC1CC1. The first-order chi connectivity index (χ1) is 11.6. The van der Waals surface area contributed by atoms with E-state index in [9.17, 15) is 0 Å². The van der Waals surface area contributed by atoms with E-state index in [-0.39, 0.29) is 5.41 Å². The average Bonchev–Trinajstić information content (AvgIpc) is 3.37. The summed E-state index contributed by atoms with van der Waals surface area (Å²) in [4.78, 5) is 11.4. The van der Waals surface area contributed by atoms with Gasteiger partial charge in [0.25, 0.3) is 0 Å². The highest BCUT2D eigenvalue weighted by atomic mass is 15.2. The number of benzene rings is 1. The molecule has 1 aromatic carbocycles. The van der Waals surface area contributed by atoms with Gasteiger partial charge in [-0.1, -0.05) is 13.8 Å². The van der Waals surface area contributed by atoms with E-state index in [1.165, 1.54) is 43.5 Å². The van der Waals surface area contributed by atoms with E-state index in [4.69, 9.17) is 5.73 Å². The molecule has 3 aliphatic rings. The lowest BCUT2D eigenvalue weighted by atomic mass is 9.59. The molecule has 2 N–H and O–H groups in total. The number of nitrogens with zero attached hydrogens (tertiary/aromatic N) is 3. The fourth-order valence-corrected chi connectivity index (χ4v) is 5.15. The number of piperidine rings is 1. The minimum absolute atomic E-state index is 0.245. The average molecular weight is 322 g/mol. The van der Waals surface area contributed by atoms with Crippen molar-refractivity contribution in [3.63, 3.8) is 0 Å². The van der Waals surface area contributed by atoms with Crippen molar-refractivity contribution in [3.8, 4) is 0 Å². The third-order valence-electron chi connectivity index (χ3n) is 7.09. The molecule has 2 aromatic rings. The Morgan fingerprint density at radius 1 is 1.29 bits per heavy atom. The second kappa shape index (κ2) is 4.92. The third-order valence-corrected chi connectivity index (χ3v) is 7.09. The van der Waals surface area contributed by atoms with Crippen molar-refractivity contribution < 1.29 is 0 Å². The summed E-state index contributed by atoms with van der Waals surface area (Å²) in [6.07, 6.45) is 6.85. The molecule has 0 unspecified atom stereocenters. The number of anilines is 1. The zero-order valence-electron chi connectivity index (χ0n) is 14.6. The fourth-order valence-electron chi connectivity index (χ4n) is 5.15. The quantitative estimate of drug-likeness (QED) is 0.923. The molecule has 126 valence electrons. The van der Waals surface area contributed by atoms with E-state index >= 15 is 0 Å². The molecular weight excluding hydrogens is 296 g/mol. The standard InChI is InChI=1S/C20H26N4/c1-12-18-8-14-7-17-15(19(21)23-11-22-17)9-16(14)20(12,2)5-6-24(18)10-13-3-4-13/h7,9,11-13,18H,3-6,8,10H2,1-2H3,(H2,21,22,23)/t12-,18+,20+/m0/s1. The summed E-state index contributed by atoms with van der Waals surface area (Å²) in [5, 5.41) is 1.02. The Balaban J connectivity index is 1.62. The summed E-state index contributed by atoms with van der Waals surface area (Å²) in [7, 11) is 0. The molecule has 1 aromatic heterocycles. The molecule has 5 rings (SSSR count). The molecule has 0 amide bonds. The van der Waals surface area contributed by atoms with Crippen LogP contribution in [0.5, 0.6) is 0 Å². The summed E-state index contributed by atoms with van der Waals surface area (Å²) >= 11 is 0. The van der Waals surface area contributed by atoms with Gasteiger partial charge in [0.05, 0.1) is 5.52 Å². The number of hydrogen-bond donors (Lipinski definition) is 1. The van der Waals surface area contributed by atoms with Crippen LogP contribution in [0.25, 0.3) is 10.9 Å². The zero-order chi connectivity index (χ0) is 16.5. The number of nitrogen functional groups attached to an aromatic ring is 1. The van der Waals surface area contributed by atoms with Crippen LogP contribution in [-0.4, -0.2) is 34.0 Å². The minimum Gasteiger partial charge on any atom is -0.383 e. The van der Waals surface area contributed by atoms with Crippen LogP contribution in [-0.2, 0) is 11.8 Å². The number of rotatable bonds is 2. The molecule has 2 fully saturated rings. The topological polar surface area (TPSA) is 55.0 Å². The molecule has 3 atom stereocenters. The van der Waals surface area contributed by atoms with Crippen molar-refractivity contribution in [1.29, 1.82) is 0 Å². The first-order valence-corrected chi connectivity index (χ1v) is 9.34. The second-order valence-electron chi connectivity index (χ2n) is 8.45. The number of likely N-dealkylation sites (tertiary alicyclic amines) is 1. The summed E-state index contributed by atoms with van der Waals surface area (Å²) in [6, 6.07) is 5.25. The number of nitrogens with two attached hydrogens (primary N) is 1. The highest BCUT2D eigenvalue weighted by Gasteiger charge is 2.49. The van der Waals surface area contributed by atoms with Gasteiger partial charge in [-0.3, -0.25) is 4.90 Å². The van der Waals surface area contributed by atoms with Gasteiger partial charge in [-0.15, -0.1) is 0 Å². The Morgan fingerprint density at radius 3 is 2.92 bits per heavy atom. The van der Waals surface area contributed by atoms with Gasteiger partial charge >= 0.3 is 0 Å². The predicted molar refractivity (Wildman–Crippen MR) is 96.9 cm³/mol. The van der Waals surface area contributed by atoms with Crippen LogP contribution in [0, 0.1) is 11.8 Å². The number of aromatic nitrogens is 2. The number of hydrogen-bond acceptors (Lipinski definition) is 4. The van der Waals surface area contributed by atoms with Crippen molar-refractivity contribution in [3.05, 3.63) is 29.6 Å². The van der Waals surface area contributed by atoms with Gasteiger partial charge in [0, 0.05) is 18.0 Å². The van der Waals surface area contributed by atoms with Gasteiger partial charge in [0.1, 0.15) is 12.1 Å². The van der Waals surface area contributed by atoms with Gasteiger partial charge < -0.3 is 5.73 Å². The van der Waals surface area contributed by atoms with Gasteiger partial charge in [0.2, 0.25) is 0 Å². The molecule has 2 bridgehead atoms. The maximum Gasteiger partial charge on any atom is 0.134 e. The summed E-state index contributed by atoms with van der Waals surface area (Å²) in [5.74, 6) is 2.25. The normalized spacial score (nSPS) is 32.8. The molecule has 4 heteroatoms. The molecule has 2 aliphatic carbocycles. The molecule has 24 heavy (non-hydrogen) atoms. The van der Waals surface area contributed by atoms with E-state index in [0.717, 1.165) is 23.2 Å². The van der Waals surface area contributed by atoms with Crippen LogP contribution in [0.4, 0.5) is 5.82 Å². The lowest BCUT2D eigenvalue weighted by molar-refractivity contribution is 0.0285. The summed E-state index contributed by atoms with van der Waals surface area (Å²) < 4.78 is 0. The third kappa shape index (κ3) is 2.02. The Bertz CT molecular complexity index is 813. The maximum atomic E-state index is 6.12. The van der Waals surface area contributed by atoms with Crippen molar-refractivity contribution >= 4 is 16.7 Å². The van der Waals surface area contributed by atoms with Crippen LogP contribution in [0.3, 0.4) is 0 Å². The first kappa shape index (κ1) is 14.6. The Hall–Kier alpha value is -1.68. The largest absolute Gasteiger partial charge is 0.383 e. The minimum atomic E-state index is 0.245. The molecule has 1 aliphatic heterocycles. The second-order valence-corrected chi connectivity index (χ2v) is 8.45. The maximum absolute atomic E-state index is 6.12. The lowest BCUT2D eigenvalue weighted by Crippen LogP contribution is -2.58. The van der Waals surface area contributed by atoms with E-state index in [1.54, 1.807) is 6.33 Å². The van der Waals surface area contributed by atoms with Crippen LogP contribution in [0.1, 0.15) is 44.2 Å². The van der Waals surface area contributed by atoms with Crippen molar-refractivity contribution in [2.45, 2.75) is 51.0 Å². The van der Waals surface area contributed by atoms with Crippen molar-refractivity contribution in [1.82, 2.24) is 14.9 Å². The smallest absolute Gasteiger partial charge is 0.134 e. The first-order valence-electron chi connectivity index (χ1n) is 9.34. The molecular formula is C20H26N4. The number of fused-ring (bicyclic) bond motifs is 5. The molecule has 2 heterocycles. The fraction of sp³-hybridized carbons (Fsp3) is 0.600. The van der Waals surface area contributed by atoms with E-state index in [2.05, 4.69) is 40.8 Å². The van der Waals surface area contributed by atoms with Crippen LogP contribution in [0.2, 0.25) is 0 Å². The molecule has 1 saturated carbocycles. The van der Waals surface area contributed by atoms with Gasteiger partial charge in [0.15, 0.2) is 0 Å². The van der Waals surface area contributed by atoms with Crippen LogP contribution < -0.4 is 5.73 Å². The van der Waals surface area contributed by atoms with E-state index < -0.39 is 0 Å². The van der Waals surface area contributed by atoms with Crippen molar-refractivity contribution in [2.75, 3.05) is 18.8 Å². The molecule has 1 saturated heterocycles. The Labute approximate surface area is 143 Å². The van der Waals surface area contributed by atoms with Gasteiger partial charge in [-0.05, 0) is 72.7 Å². The molecule has 0 radical (unpaired) electrons. The van der Waals surface area contributed by atoms with E-state index in [0.29, 0.717) is 17.8 Å². The summed E-state index contributed by atoms with van der Waals surface area (Å²) in [5.41, 5.74) is 10.3. The van der Waals surface area contributed by atoms with Crippen LogP contribution in [0.15, 0.2) is 18.5 Å². The lowest BCUT2D eigenvalue weighted by Gasteiger charge is -2.54. The van der Waals surface area contributed by atoms with Gasteiger partial charge in [-0.2, -0.15) is 0 Å². The highest BCUT2D eigenvalue weighted by Crippen LogP contribution is 2.50. The molecule has 0 spiro atoms. The highest BCUT2D eigenvalue weighted by molar-refractivity contribution is 5.89. The monoisotopic (exact) mass is 322 g/mol. The van der Waals surface area contributed by atoms with Crippen LogP contribution >= 0.6 is 0 Å².